The zero-order valence-corrected chi connectivity index (χ0v) is 15.6. The average Bonchev–Trinajstić information content (AvgIpc) is 3.28. The lowest BCUT2D eigenvalue weighted by Gasteiger charge is -2.30. The fourth-order valence-corrected chi connectivity index (χ4v) is 4.61. The Bertz CT molecular complexity index is 828. The Hall–Kier alpha value is -2.18. The Morgan fingerprint density at radius 2 is 2.15 bits per heavy atom. The van der Waals surface area contributed by atoms with Crippen molar-refractivity contribution in [3.8, 4) is 0 Å². The van der Waals surface area contributed by atoms with Crippen LogP contribution in [0.5, 0.6) is 0 Å². The van der Waals surface area contributed by atoms with Gasteiger partial charge in [-0.1, -0.05) is 12.1 Å². The van der Waals surface area contributed by atoms with Crippen molar-refractivity contribution in [3.05, 3.63) is 46.2 Å². The van der Waals surface area contributed by atoms with E-state index in [9.17, 15) is 9.59 Å². The Labute approximate surface area is 157 Å². The smallest absolute Gasteiger partial charge is 0.252 e. The van der Waals surface area contributed by atoms with Crippen molar-refractivity contribution in [2.45, 2.75) is 31.1 Å². The van der Waals surface area contributed by atoms with Gasteiger partial charge in [-0.25, -0.2) is 0 Å². The minimum atomic E-state index is -0.365. The van der Waals surface area contributed by atoms with Crippen molar-refractivity contribution < 1.29 is 14.3 Å². The normalized spacial score (nSPS) is 17.5. The fourth-order valence-electron chi connectivity index (χ4n) is 3.62. The fraction of sp³-hybridized carbons (Fsp3) is 0.400. The summed E-state index contributed by atoms with van der Waals surface area (Å²) in [5, 5.41) is 5.09. The number of hydrogen-bond donors (Lipinski definition) is 1. The standard InChI is InChI=1S/C20H22N2O3S/c1-25-13-18(23)22-10-2-4-14-6-7-15(12-16(14)22)21-19(24)20(8-9-20)17-5-3-11-26-17/h3,5-7,11-12H,2,4,8-10,13H2,1H3,(H,21,24). The highest BCUT2D eigenvalue weighted by Crippen LogP contribution is 2.50. The van der Waals surface area contributed by atoms with E-state index in [1.165, 1.54) is 7.11 Å². The summed E-state index contributed by atoms with van der Waals surface area (Å²) in [7, 11) is 1.53. The molecule has 1 saturated carbocycles. The number of nitrogens with zero attached hydrogens (tertiary/aromatic N) is 1. The summed E-state index contributed by atoms with van der Waals surface area (Å²) in [4.78, 5) is 28.1. The van der Waals surface area contributed by atoms with E-state index in [1.807, 2.05) is 35.7 Å². The molecular weight excluding hydrogens is 348 g/mol. The zero-order valence-electron chi connectivity index (χ0n) is 14.8. The molecule has 1 aromatic heterocycles. The van der Waals surface area contributed by atoms with Crippen molar-refractivity contribution in [2.75, 3.05) is 30.5 Å². The lowest BCUT2D eigenvalue weighted by Crippen LogP contribution is -2.37. The first-order chi connectivity index (χ1) is 12.6. The van der Waals surface area contributed by atoms with E-state index in [2.05, 4.69) is 5.32 Å². The van der Waals surface area contributed by atoms with Crippen LogP contribution in [0.3, 0.4) is 0 Å². The van der Waals surface area contributed by atoms with Crippen molar-refractivity contribution >= 4 is 34.5 Å². The van der Waals surface area contributed by atoms with Crippen molar-refractivity contribution in [1.82, 2.24) is 0 Å². The van der Waals surface area contributed by atoms with Crippen LogP contribution in [-0.4, -0.2) is 32.1 Å². The Balaban J connectivity index is 1.56. The zero-order chi connectivity index (χ0) is 18.1. The summed E-state index contributed by atoms with van der Waals surface area (Å²) in [5.41, 5.74) is 2.40. The molecule has 1 aromatic carbocycles. The third-order valence-electron chi connectivity index (χ3n) is 5.21. The maximum Gasteiger partial charge on any atom is 0.252 e. The molecule has 0 spiro atoms. The number of hydrogen-bond acceptors (Lipinski definition) is 4. The van der Waals surface area contributed by atoms with Crippen LogP contribution in [0.4, 0.5) is 11.4 Å². The summed E-state index contributed by atoms with van der Waals surface area (Å²) in [6.45, 7) is 0.753. The molecule has 1 fully saturated rings. The minimum Gasteiger partial charge on any atom is -0.375 e. The number of benzene rings is 1. The molecule has 2 heterocycles. The molecule has 1 aliphatic heterocycles. The number of ether oxygens (including phenoxy) is 1. The summed E-state index contributed by atoms with van der Waals surface area (Å²) in [6, 6.07) is 9.90. The van der Waals surface area contributed by atoms with Gasteiger partial charge in [0.15, 0.2) is 0 Å². The van der Waals surface area contributed by atoms with Crippen LogP contribution in [0.1, 0.15) is 29.7 Å². The number of carbonyl (C=O) groups is 2. The SMILES string of the molecule is COCC(=O)N1CCCc2ccc(NC(=O)C3(c4cccs4)CC3)cc21. The summed E-state index contributed by atoms with van der Waals surface area (Å²) < 4.78 is 5.00. The minimum absolute atomic E-state index is 0.0467. The molecule has 5 nitrogen and oxygen atoms in total. The molecule has 0 unspecified atom stereocenters. The van der Waals surface area contributed by atoms with Gasteiger partial charge in [0.25, 0.3) is 5.91 Å². The Kier molecular flexibility index (Phi) is 4.54. The maximum absolute atomic E-state index is 12.9. The number of amides is 2. The van der Waals surface area contributed by atoms with Gasteiger partial charge < -0.3 is 15.0 Å². The van der Waals surface area contributed by atoms with E-state index in [0.717, 1.165) is 47.5 Å². The first kappa shape index (κ1) is 17.2. The van der Waals surface area contributed by atoms with Gasteiger partial charge in [0.2, 0.25) is 5.91 Å². The summed E-state index contributed by atoms with van der Waals surface area (Å²) in [6.07, 6.45) is 3.67. The van der Waals surface area contributed by atoms with E-state index in [-0.39, 0.29) is 23.8 Å². The predicted molar refractivity (Wildman–Crippen MR) is 103 cm³/mol. The number of thiophene rings is 1. The third kappa shape index (κ3) is 3.04. The van der Waals surface area contributed by atoms with Crippen LogP contribution in [-0.2, 0) is 26.2 Å². The number of anilines is 2. The molecule has 2 aliphatic rings. The second-order valence-electron chi connectivity index (χ2n) is 6.94. The highest BCUT2D eigenvalue weighted by Gasteiger charge is 2.52. The molecule has 0 atom stereocenters. The van der Waals surface area contributed by atoms with Gasteiger partial charge in [-0.2, -0.15) is 0 Å². The van der Waals surface area contributed by atoms with Crippen molar-refractivity contribution in [2.24, 2.45) is 0 Å². The molecule has 2 amide bonds. The van der Waals surface area contributed by atoms with Crippen LogP contribution >= 0.6 is 11.3 Å². The highest BCUT2D eigenvalue weighted by atomic mass is 32.1. The van der Waals surface area contributed by atoms with Gasteiger partial charge in [-0.15, -0.1) is 11.3 Å². The van der Waals surface area contributed by atoms with Gasteiger partial charge in [-0.05, 0) is 54.8 Å². The molecule has 1 N–H and O–H groups in total. The Morgan fingerprint density at radius 3 is 2.85 bits per heavy atom. The largest absolute Gasteiger partial charge is 0.375 e. The second kappa shape index (κ2) is 6.85. The van der Waals surface area contributed by atoms with E-state index >= 15 is 0 Å². The molecule has 0 radical (unpaired) electrons. The first-order valence-corrected chi connectivity index (χ1v) is 9.80. The van der Waals surface area contributed by atoms with Crippen LogP contribution in [0, 0.1) is 0 Å². The number of rotatable bonds is 5. The molecule has 26 heavy (non-hydrogen) atoms. The third-order valence-corrected chi connectivity index (χ3v) is 6.28. The molecule has 2 aromatic rings. The number of methoxy groups -OCH3 is 1. The van der Waals surface area contributed by atoms with E-state index in [0.29, 0.717) is 6.54 Å². The van der Waals surface area contributed by atoms with Gasteiger partial charge in [0.1, 0.15) is 6.61 Å². The van der Waals surface area contributed by atoms with Crippen LogP contribution in [0.2, 0.25) is 0 Å². The predicted octanol–water partition coefficient (Wildman–Crippen LogP) is 3.34. The molecule has 136 valence electrons. The van der Waals surface area contributed by atoms with E-state index in [4.69, 9.17) is 4.74 Å². The van der Waals surface area contributed by atoms with Crippen molar-refractivity contribution in [1.29, 1.82) is 0 Å². The number of fused-ring (bicyclic) bond motifs is 1. The van der Waals surface area contributed by atoms with Gasteiger partial charge >= 0.3 is 0 Å². The highest BCUT2D eigenvalue weighted by molar-refractivity contribution is 7.10. The van der Waals surface area contributed by atoms with Crippen LogP contribution in [0.15, 0.2) is 35.7 Å². The van der Waals surface area contributed by atoms with Crippen LogP contribution < -0.4 is 10.2 Å². The summed E-state index contributed by atoms with van der Waals surface area (Å²) >= 11 is 1.64. The van der Waals surface area contributed by atoms with Crippen LogP contribution in [0.25, 0.3) is 0 Å². The topological polar surface area (TPSA) is 58.6 Å². The summed E-state index contributed by atoms with van der Waals surface area (Å²) in [5.74, 6) is -0.000322. The van der Waals surface area contributed by atoms with E-state index in [1.54, 1.807) is 16.2 Å². The second-order valence-corrected chi connectivity index (χ2v) is 7.89. The monoisotopic (exact) mass is 370 g/mol. The molecule has 0 saturated heterocycles. The Morgan fingerprint density at radius 1 is 1.31 bits per heavy atom. The van der Waals surface area contributed by atoms with Gasteiger partial charge in [0.05, 0.1) is 5.41 Å². The maximum atomic E-state index is 12.9. The quantitative estimate of drug-likeness (QED) is 0.878. The van der Waals surface area contributed by atoms with E-state index < -0.39 is 0 Å². The molecule has 6 heteroatoms. The number of aryl methyl sites for hydroxylation is 1. The van der Waals surface area contributed by atoms with Gasteiger partial charge in [0, 0.05) is 29.9 Å². The molecule has 4 rings (SSSR count). The first-order valence-electron chi connectivity index (χ1n) is 8.92. The number of nitrogens with one attached hydrogen (secondary N) is 1. The lowest BCUT2D eigenvalue weighted by molar-refractivity contribution is -0.122. The van der Waals surface area contributed by atoms with Crippen molar-refractivity contribution in [3.63, 3.8) is 0 Å². The molecule has 0 bridgehead atoms. The number of carbonyl (C=O) groups excluding carboxylic acids is 2. The molecular formula is C20H22N2O3S. The molecule has 1 aliphatic carbocycles. The average molecular weight is 370 g/mol. The lowest BCUT2D eigenvalue weighted by atomic mass is 10.00. The van der Waals surface area contributed by atoms with Gasteiger partial charge in [-0.3, -0.25) is 9.59 Å².